The quantitative estimate of drug-likeness (QED) is 0.685. The number of guanidine groups is 1. The van der Waals surface area contributed by atoms with Crippen LogP contribution >= 0.6 is 11.8 Å². The van der Waals surface area contributed by atoms with Gasteiger partial charge in [-0.1, -0.05) is 25.1 Å². The highest BCUT2D eigenvalue weighted by atomic mass is 32.2. The lowest BCUT2D eigenvalue weighted by Gasteiger charge is -2.34. The Labute approximate surface area is 148 Å². The first-order valence-corrected chi connectivity index (χ1v) is 9.50. The summed E-state index contributed by atoms with van der Waals surface area (Å²) in [7, 11) is 1.87. The van der Waals surface area contributed by atoms with Gasteiger partial charge in [-0.15, -0.1) is 0 Å². The molecule has 1 unspecified atom stereocenters. The Hall–Kier alpha value is -1.95. The molecule has 1 N–H and O–H groups in total. The molecule has 3 rings (SSSR count). The Morgan fingerprint density at radius 1 is 1.42 bits per heavy atom. The van der Waals surface area contributed by atoms with Gasteiger partial charge in [-0.05, 0) is 18.1 Å². The van der Waals surface area contributed by atoms with Gasteiger partial charge in [-0.25, -0.2) is 4.98 Å². The van der Waals surface area contributed by atoms with Crippen molar-refractivity contribution >= 4 is 17.7 Å². The molecule has 2 heterocycles. The first-order valence-electron chi connectivity index (χ1n) is 8.45. The molecular weight excluding hydrogens is 318 g/mol. The summed E-state index contributed by atoms with van der Waals surface area (Å²) in [4.78, 5) is 11.0. The molecule has 1 aromatic carbocycles. The Morgan fingerprint density at radius 2 is 2.29 bits per heavy atom. The van der Waals surface area contributed by atoms with Gasteiger partial charge >= 0.3 is 0 Å². The standard InChI is InChI=1S/C18H25N5S/c1-3-16-13-22(10-11-24-16)18(19-2)21-12-15-6-4-5-7-17(15)23-9-8-20-14-23/h4-9,14,16H,3,10-13H2,1-2H3,(H,19,21). The third kappa shape index (κ3) is 3.93. The molecular formula is C18H25N5S. The van der Waals surface area contributed by atoms with Crippen LogP contribution in [-0.2, 0) is 6.54 Å². The van der Waals surface area contributed by atoms with Crippen molar-refractivity contribution < 1.29 is 0 Å². The van der Waals surface area contributed by atoms with Gasteiger partial charge in [0.05, 0.1) is 12.0 Å². The van der Waals surface area contributed by atoms with Crippen LogP contribution in [0.4, 0.5) is 0 Å². The molecule has 0 spiro atoms. The third-order valence-electron chi connectivity index (χ3n) is 4.32. The van der Waals surface area contributed by atoms with E-state index in [4.69, 9.17) is 0 Å². The topological polar surface area (TPSA) is 45.5 Å². The Bertz CT molecular complexity index is 668. The Morgan fingerprint density at radius 3 is 3.04 bits per heavy atom. The zero-order chi connectivity index (χ0) is 16.8. The van der Waals surface area contributed by atoms with E-state index in [0.717, 1.165) is 31.3 Å². The minimum atomic E-state index is 0.704. The van der Waals surface area contributed by atoms with Gasteiger partial charge in [0, 0.05) is 50.1 Å². The first-order chi connectivity index (χ1) is 11.8. The number of imidazole rings is 1. The van der Waals surface area contributed by atoms with Crippen molar-refractivity contribution in [1.82, 2.24) is 19.8 Å². The van der Waals surface area contributed by atoms with Crippen molar-refractivity contribution in [3.05, 3.63) is 48.5 Å². The average molecular weight is 344 g/mol. The molecule has 5 nitrogen and oxygen atoms in total. The van der Waals surface area contributed by atoms with Crippen molar-refractivity contribution in [2.45, 2.75) is 25.1 Å². The molecule has 0 aliphatic carbocycles. The van der Waals surface area contributed by atoms with Crippen LogP contribution in [-0.4, -0.2) is 51.6 Å². The van der Waals surface area contributed by atoms with Gasteiger partial charge in [-0.2, -0.15) is 11.8 Å². The maximum absolute atomic E-state index is 4.49. The van der Waals surface area contributed by atoms with E-state index in [1.807, 2.05) is 24.1 Å². The summed E-state index contributed by atoms with van der Waals surface area (Å²) < 4.78 is 2.05. The smallest absolute Gasteiger partial charge is 0.193 e. The lowest BCUT2D eigenvalue weighted by atomic mass is 10.1. The van der Waals surface area contributed by atoms with Crippen LogP contribution in [0.15, 0.2) is 48.0 Å². The molecule has 0 radical (unpaired) electrons. The molecule has 1 aliphatic heterocycles. The van der Waals surface area contributed by atoms with Crippen molar-refractivity contribution in [1.29, 1.82) is 0 Å². The van der Waals surface area contributed by atoms with E-state index in [0.29, 0.717) is 5.25 Å². The maximum atomic E-state index is 4.49. The van der Waals surface area contributed by atoms with Crippen LogP contribution in [0, 0.1) is 0 Å². The third-order valence-corrected chi connectivity index (χ3v) is 5.69. The fraction of sp³-hybridized carbons (Fsp3) is 0.444. The highest BCUT2D eigenvalue weighted by molar-refractivity contribution is 8.00. The van der Waals surface area contributed by atoms with Gasteiger partial charge in [0.2, 0.25) is 0 Å². The van der Waals surface area contributed by atoms with Crippen molar-refractivity contribution in [3.8, 4) is 5.69 Å². The zero-order valence-corrected chi connectivity index (χ0v) is 15.2. The predicted octanol–water partition coefficient (Wildman–Crippen LogP) is 2.78. The number of hydrogen-bond acceptors (Lipinski definition) is 3. The van der Waals surface area contributed by atoms with Crippen molar-refractivity contribution in [3.63, 3.8) is 0 Å². The molecule has 1 aromatic heterocycles. The van der Waals surface area contributed by atoms with Crippen molar-refractivity contribution in [2.75, 3.05) is 25.9 Å². The summed E-state index contributed by atoms with van der Waals surface area (Å²) in [5.74, 6) is 2.17. The fourth-order valence-electron chi connectivity index (χ4n) is 2.98. The van der Waals surface area contributed by atoms with Gasteiger partial charge in [-0.3, -0.25) is 4.99 Å². The van der Waals surface area contributed by atoms with E-state index in [1.165, 1.54) is 17.7 Å². The van der Waals surface area contributed by atoms with E-state index in [2.05, 4.69) is 63.1 Å². The average Bonchev–Trinajstić information content (AvgIpc) is 3.17. The highest BCUT2D eigenvalue weighted by Gasteiger charge is 2.21. The van der Waals surface area contributed by atoms with Gasteiger partial charge < -0.3 is 14.8 Å². The van der Waals surface area contributed by atoms with Crippen LogP contribution in [0.2, 0.25) is 0 Å². The summed E-state index contributed by atoms with van der Waals surface area (Å²) in [6.07, 6.45) is 6.82. The van der Waals surface area contributed by atoms with E-state index >= 15 is 0 Å². The number of thioether (sulfide) groups is 1. The van der Waals surface area contributed by atoms with Crippen LogP contribution in [0.1, 0.15) is 18.9 Å². The normalized spacial score (nSPS) is 18.7. The summed E-state index contributed by atoms with van der Waals surface area (Å²) in [6, 6.07) is 8.40. The van der Waals surface area contributed by atoms with Gasteiger partial charge in [0.1, 0.15) is 0 Å². The minimum absolute atomic E-state index is 0.704. The number of rotatable bonds is 4. The summed E-state index contributed by atoms with van der Waals surface area (Å²) in [6.45, 7) is 5.15. The number of nitrogens with one attached hydrogen (secondary N) is 1. The Balaban J connectivity index is 1.69. The lowest BCUT2D eigenvalue weighted by Crippen LogP contribution is -2.47. The molecule has 1 saturated heterocycles. The second-order valence-corrected chi connectivity index (χ2v) is 7.25. The van der Waals surface area contributed by atoms with E-state index in [9.17, 15) is 0 Å². The van der Waals surface area contributed by atoms with Crippen LogP contribution in [0.25, 0.3) is 5.69 Å². The van der Waals surface area contributed by atoms with Crippen LogP contribution < -0.4 is 5.32 Å². The number of nitrogens with zero attached hydrogens (tertiary/aromatic N) is 4. The molecule has 1 fully saturated rings. The van der Waals surface area contributed by atoms with E-state index in [-0.39, 0.29) is 0 Å². The molecule has 24 heavy (non-hydrogen) atoms. The molecule has 128 valence electrons. The van der Waals surface area contributed by atoms with Crippen LogP contribution in [0.3, 0.4) is 0 Å². The monoisotopic (exact) mass is 343 g/mol. The summed E-state index contributed by atoms with van der Waals surface area (Å²) >= 11 is 2.08. The largest absolute Gasteiger partial charge is 0.352 e. The molecule has 0 amide bonds. The minimum Gasteiger partial charge on any atom is -0.352 e. The number of aliphatic imine (C=N–C) groups is 1. The second kappa shape index (κ2) is 8.24. The fourth-order valence-corrected chi connectivity index (χ4v) is 4.16. The number of aromatic nitrogens is 2. The lowest BCUT2D eigenvalue weighted by molar-refractivity contribution is 0.408. The maximum Gasteiger partial charge on any atom is 0.193 e. The Kier molecular flexibility index (Phi) is 5.80. The summed E-state index contributed by atoms with van der Waals surface area (Å²) in [5, 5.41) is 4.24. The molecule has 2 aromatic rings. The summed E-state index contributed by atoms with van der Waals surface area (Å²) in [5.41, 5.74) is 2.38. The van der Waals surface area contributed by atoms with Gasteiger partial charge in [0.25, 0.3) is 0 Å². The van der Waals surface area contributed by atoms with Crippen LogP contribution in [0.5, 0.6) is 0 Å². The highest BCUT2D eigenvalue weighted by Crippen LogP contribution is 2.21. The molecule has 1 aliphatic rings. The van der Waals surface area contributed by atoms with E-state index < -0.39 is 0 Å². The molecule has 0 bridgehead atoms. The predicted molar refractivity (Wildman–Crippen MR) is 102 cm³/mol. The number of hydrogen-bond donors (Lipinski definition) is 1. The van der Waals surface area contributed by atoms with E-state index in [1.54, 1.807) is 6.20 Å². The van der Waals surface area contributed by atoms with Crippen molar-refractivity contribution in [2.24, 2.45) is 4.99 Å². The first kappa shape index (κ1) is 16.9. The SMILES string of the molecule is CCC1CN(C(=NC)NCc2ccccc2-n2ccnc2)CCS1. The van der Waals surface area contributed by atoms with Gasteiger partial charge in [0.15, 0.2) is 5.96 Å². The number of benzene rings is 1. The zero-order valence-electron chi connectivity index (χ0n) is 14.4. The number of para-hydroxylation sites is 1. The molecule has 6 heteroatoms. The second-order valence-electron chi connectivity index (χ2n) is 5.85. The molecule has 0 saturated carbocycles. The molecule has 1 atom stereocenters.